The zero-order chi connectivity index (χ0) is 20.5. The molecule has 1 N–H and O–H groups in total. The molecule has 1 aliphatic rings. The lowest BCUT2D eigenvalue weighted by Gasteiger charge is -2.26. The number of carbonyl (C=O) groups excluding carboxylic acids is 1. The summed E-state index contributed by atoms with van der Waals surface area (Å²) in [6.45, 7) is 4.99. The van der Waals surface area contributed by atoms with Crippen LogP contribution in [0.5, 0.6) is 5.75 Å². The fourth-order valence-electron chi connectivity index (χ4n) is 2.88. The van der Waals surface area contributed by atoms with Gasteiger partial charge in [-0.05, 0) is 41.6 Å². The SMILES string of the molecule is O=C(NCc1cccc(OCCN2CCOCC2)c1)c1cccnc1SC(F)F. The van der Waals surface area contributed by atoms with Crippen molar-refractivity contribution in [3.8, 4) is 5.75 Å². The fraction of sp³-hybridized carbons (Fsp3) is 0.400. The molecule has 3 rings (SSSR count). The number of ether oxygens (including phenoxy) is 2. The van der Waals surface area contributed by atoms with Crippen LogP contribution in [0.1, 0.15) is 15.9 Å². The average molecular weight is 423 g/mol. The van der Waals surface area contributed by atoms with E-state index in [4.69, 9.17) is 9.47 Å². The van der Waals surface area contributed by atoms with Crippen molar-refractivity contribution >= 4 is 17.7 Å². The zero-order valence-corrected chi connectivity index (χ0v) is 16.7. The number of nitrogens with one attached hydrogen (secondary N) is 1. The number of morpholine rings is 1. The van der Waals surface area contributed by atoms with Crippen LogP contribution in [0.15, 0.2) is 47.6 Å². The number of amides is 1. The molecule has 1 aliphatic heterocycles. The Bertz CT molecular complexity index is 804. The van der Waals surface area contributed by atoms with Crippen LogP contribution in [0.3, 0.4) is 0 Å². The van der Waals surface area contributed by atoms with Gasteiger partial charge in [0.1, 0.15) is 17.4 Å². The molecule has 1 fully saturated rings. The maximum absolute atomic E-state index is 12.6. The molecule has 0 aliphatic carbocycles. The largest absolute Gasteiger partial charge is 0.492 e. The van der Waals surface area contributed by atoms with Gasteiger partial charge >= 0.3 is 0 Å². The van der Waals surface area contributed by atoms with Crippen LogP contribution in [0.2, 0.25) is 0 Å². The number of rotatable bonds is 9. The van der Waals surface area contributed by atoms with E-state index in [-0.39, 0.29) is 28.9 Å². The standard InChI is InChI=1S/C20H23F2N3O3S/c21-20(22)29-19-17(5-2-6-23-19)18(26)24-14-15-3-1-4-16(13-15)28-12-9-25-7-10-27-11-8-25/h1-6,13,20H,7-12,14H2,(H,24,26). The Morgan fingerprint density at radius 1 is 1.28 bits per heavy atom. The molecule has 0 spiro atoms. The zero-order valence-electron chi connectivity index (χ0n) is 15.9. The van der Waals surface area contributed by atoms with Crippen molar-refractivity contribution in [3.05, 3.63) is 53.7 Å². The molecule has 0 unspecified atom stereocenters. The monoisotopic (exact) mass is 423 g/mol. The van der Waals surface area contributed by atoms with E-state index in [1.54, 1.807) is 6.07 Å². The van der Waals surface area contributed by atoms with E-state index in [9.17, 15) is 13.6 Å². The first-order chi connectivity index (χ1) is 14.1. The highest BCUT2D eigenvalue weighted by molar-refractivity contribution is 7.99. The number of halogens is 2. The Labute approximate surface area is 172 Å². The summed E-state index contributed by atoms with van der Waals surface area (Å²) in [4.78, 5) is 18.6. The molecule has 2 aromatic rings. The number of nitrogens with zero attached hydrogens (tertiary/aromatic N) is 2. The minimum Gasteiger partial charge on any atom is -0.492 e. The summed E-state index contributed by atoms with van der Waals surface area (Å²) in [6.07, 6.45) is 1.39. The predicted molar refractivity (Wildman–Crippen MR) is 106 cm³/mol. The van der Waals surface area contributed by atoms with Gasteiger partial charge in [-0.1, -0.05) is 12.1 Å². The first-order valence-electron chi connectivity index (χ1n) is 9.31. The van der Waals surface area contributed by atoms with Gasteiger partial charge in [0.15, 0.2) is 0 Å². The molecular formula is C20H23F2N3O3S. The van der Waals surface area contributed by atoms with Crippen molar-refractivity contribution in [2.24, 2.45) is 0 Å². The highest BCUT2D eigenvalue weighted by atomic mass is 32.2. The summed E-state index contributed by atoms with van der Waals surface area (Å²) in [7, 11) is 0. The highest BCUT2D eigenvalue weighted by Crippen LogP contribution is 2.26. The van der Waals surface area contributed by atoms with Crippen molar-refractivity contribution in [2.75, 3.05) is 39.5 Å². The van der Waals surface area contributed by atoms with Crippen molar-refractivity contribution in [1.82, 2.24) is 15.2 Å². The Kier molecular flexibility index (Phi) is 8.21. The maximum Gasteiger partial charge on any atom is 0.290 e. The molecule has 0 saturated carbocycles. The van der Waals surface area contributed by atoms with E-state index < -0.39 is 11.7 Å². The van der Waals surface area contributed by atoms with Gasteiger partial charge in [-0.2, -0.15) is 8.78 Å². The van der Waals surface area contributed by atoms with Crippen LogP contribution >= 0.6 is 11.8 Å². The third-order valence-electron chi connectivity index (χ3n) is 4.35. The normalized spacial score (nSPS) is 14.7. The van der Waals surface area contributed by atoms with Crippen LogP contribution in [-0.2, 0) is 11.3 Å². The first-order valence-corrected chi connectivity index (χ1v) is 10.2. The van der Waals surface area contributed by atoms with E-state index in [2.05, 4.69) is 15.2 Å². The number of pyridine rings is 1. The molecule has 1 aromatic carbocycles. The number of alkyl halides is 2. The predicted octanol–water partition coefficient (Wildman–Crippen LogP) is 3.04. The molecule has 2 heterocycles. The van der Waals surface area contributed by atoms with Gasteiger partial charge in [-0.15, -0.1) is 0 Å². The molecular weight excluding hydrogens is 400 g/mol. The number of benzene rings is 1. The van der Waals surface area contributed by atoms with E-state index in [0.29, 0.717) is 6.61 Å². The van der Waals surface area contributed by atoms with Crippen LogP contribution in [-0.4, -0.2) is 61.0 Å². The number of carbonyl (C=O) groups is 1. The summed E-state index contributed by atoms with van der Waals surface area (Å²) < 4.78 is 36.4. The number of thioether (sulfide) groups is 1. The Morgan fingerprint density at radius 3 is 2.90 bits per heavy atom. The minimum atomic E-state index is -2.64. The second-order valence-corrected chi connectivity index (χ2v) is 7.35. The summed E-state index contributed by atoms with van der Waals surface area (Å²) in [5, 5.41) is 2.76. The summed E-state index contributed by atoms with van der Waals surface area (Å²) in [5.41, 5.74) is 0.991. The second kappa shape index (κ2) is 11.1. The maximum atomic E-state index is 12.6. The molecule has 6 nitrogen and oxygen atoms in total. The summed E-state index contributed by atoms with van der Waals surface area (Å²) in [6, 6.07) is 10.5. The van der Waals surface area contributed by atoms with Crippen LogP contribution in [0, 0.1) is 0 Å². The number of hydrogen-bond donors (Lipinski definition) is 1. The summed E-state index contributed by atoms with van der Waals surface area (Å²) >= 11 is 0.261. The molecule has 1 amide bonds. The Hall–Kier alpha value is -2.23. The van der Waals surface area contributed by atoms with Gasteiger partial charge < -0.3 is 14.8 Å². The average Bonchev–Trinajstić information content (AvgIpc) is 2.73. The third-order valence-corrected chi connectivity index (χ3v) is 5.07. The van der Waals surface area contributed by atoms with E-state index >= 15 is 0 Å². The van der Waals surface area contributed by atoms with Gasteiger partial charge in [0.2, 0.25) is 0 Å². The number of hydrogen-bond acceptors (Lipinski definition) is 6. The van der Waals surface area contributed by atoms with E-state index in [0.717, 1.165) is 44.2 Å². The molecule has 0 bridgehead atoms. The molecule has 9 heteroatoms. The molecule has 156 valence electrons. The lowest BCUT2D eigenvalue weighted by Crippen LogP contribution is -2.38. The van der Waals surface area contributed by atoms with Gasteiger partial charge in [-0.25, -0.2) is 4.98 Å². The van der Waals surface area contributed by atoms with Gasteiger partial charge in [-0.3, -0.25) is 9.69 Å². The Balaban J connectivity index is 1.50. The summed E-state index contributed by atoms with van der Waals surface area (Å²) in [5.74, 6) is -2.36. The van der Waals surface area contributed by atoms with Crippen LogP contribution < -0.4 is 10.1 Å². The topological polar surface area (TPSA) is 63.7 Å². The molecule has 0 atom stereocenters. The third kappa shape index (κ3) is 6.95. The van der Waals surface area contributed by atoms with Crippen LogP contribution in [0.25, 0.3) is 0 Å². The van der Waals surface area contributed by atoms with Gasteiger partial charge in [0.25, 0.3) is 11.7 Å². The van der Waals surface area contributed by atoms with E-state index in [1.165, 1.54) is 12.3 Å². The van der Waals surface area contributed by atoms with Gasteiger partial charge in [0.05, 0.1) is 18.8 Å². The fourth-order valence-corrected chi connectivity index (χ4v) is 3.46. The lowest BCUT2D eigenvalue weighted by atomic mass is 10.2. The van der Waals surface area contributed by atoms with Crippen molar-refractivity contribution in [2.45, 2.75) is 17.3 Å². The molecule has 29 heavy (non-hydrogen) atoms. The quantitative estimate of drug-likeness (QED) is 0.626. The highest BCUT2D eigenvalue weighted by Gasteiger charge is 2.16. The van der Waals surface area contributed by atoms with Crippen LogP contribution in [0.4, 0.5) is 8.78 Å². The van der Waals surface area contributed by atoms with E-state index in [1.807, 2.05) is 24.3 Å². The Morgan fingerprint density at radius 2 is 2.10 bits per heavy atom. The molecule has 1 aromatic heterocycles. The van der Waals surface area contributed by atoms with Crippen molar-refractivity contribution in [3.63, 3.8) is 0 Å². The van der Waals surface area contributed by atoms with Crippen molar-refractivity contribution < 1.29 is 23.0 Å². The smallest absolute Gasteiger partial charge is 0.290 e. The van der Waals surface area contributed by atoms with Gasteiger partial charge in [0, 0.05) is 32.4 Å². The first kappa shape index (κ1) is 21.5. The molecule has 1 saturated heterocycles. The minimum absolute atomic E-state index is 0.0141. The number of aromatic nitrogens is 1. The second-order valence-electron chi connectivity index (χ2n) is 6.37. The molecule has 0 radical (unpaired) electrons. The lowest BCUT2D eigenvalue weighted by molar-refractivity contribution is 0.0322. The van der Waals surface area contributed by atoms with Crippen molar-refractivity contribution in [1.29, 1.82) is 0 Å².